The third-order valence-electron chi connectivity index (χ3n) is 5.02. The van der Waals surface area contributed by atoms with Gasteiger partial charge in [-0.2, -0.15) is 0 Å². The summed E-state index contributed by atoms with van der Waals surface area (Å²) in [5, 5.41) is 0. The van der Waals surface area contributed by atoms with Crippen molar-refractivity contribution in [1.82, 2.24) is 4.90 Å². The maximum absolute atomic E-state index is 12.7. The number of hydrogen-bond acceptors (Lipinski definition) is 4. The lowest BCUT2D eigenvalue weighted by molar-refractivity contribution is -0.193. The molecule has 2 heterocycles. The summed E-state index contributed by atoms with van der Waals surface area (Å²) >= 11 is 0. The van der Waals surface area contributed by atoms with Crippen LogP contribution in [0, 0.1) is 11.8 Å². The fraction of sp³-hybridized carbons (Fsp3) is 0.529. The molecule has 5 nitrogen and oxygen atoms in total. The van der Waals surface area contributed by atoms with Crippen LogP contribution in [0.5, 0.6) is 0 Å². The molecule has 5 heteroatoms. The van der Waals surface area contributed by atoms with E-state index in [-0.39, 0.29) is 23.7 Å². The van der Waals surface area contributed by atoms with E-state index in [2.05, 4.69) is 0 Å². The summed E-state index contributed by atoms with van der Waals surface area (Å²) in [5.41, 5.74) is 0.978. The van der Waals surface area contributed by atoms with Crippen LogP contribution in [0.25, 0.3) is 0 Å². The Bertz CT molecular complexity index is 594. The Kier molecular flexibility index (Phi) is 3.27. The molecule has 22 heavy (non-hydrogen) atoms. The number of imide groups is 1. The summed E-state index contributed by atoms with van der Waals surface area (Å²) < 4.78 is 11.4. The van der Waals surface area contributed by atoms with Crippen molar-refractivity contribution in [2.75, 3.05) is 13.2 Å². The minimum atomic E-state index is -0.625. The van der Waals surface area contributed by atoms with Gasteiger partial charge in [-0.1, -0.05) is 30.3 Å². The molecular formula is C17H19NO4. The van der Waals surface area contributed by atoms with E-state index in [0.717, 1.165) is 5.56 Å². The largest absolute Gasteiger partial charge is 0.348 e. The first-order valence-electron chi connectivity index (χ1n) is 7.86. The van der Waals surface area contributed by atoms with Crippen LogP contribution in [0.1, 0.15) is 24.8 Å². The molecule has 0 bridgehead atoms. The van der Waals surface area contributed by atoms with Gasteiger partial charge in [-0.15, -0.1) is 0 Å². The zero-order valence-corrected chi connectivity index (χ0v) is 12.4. The Balaban J connectivity index is 1.54. The first-order valence-corrected chi connectivity index (χ1v) is 7.86. The van der Waals surface area contributed by atoms with Crippen LogP contribution >= 0.6 is 0 Å². The molecule has 1 aromatic carbocycles. The van der Waals surface area contributed by atoms with Gasteiger partial charge in [0.05, 0.1) is 31.6 Å². The molecule has 2 atom stereocenters. The van der Waals surface area contributed by atoms with Crippen molar-refractivity contribution in [3.63, 3.8) is 0 Å². The predicted molar refractivity (Wildman–Crippen MR) is 77.5 cm³/mol. The zero-order valence-electron chi connectivity index (χ0n) is 12.4. The van der Waals surface area contributed by atoms with Gasteiger partial charge in [-0.25, -0.2) is 0 Å². The van der Waals surface area contributed by atoms with Crippen LogP contribution in [-0.2, 0) is 25.6 Å². The fourth-order valence-corrected chi connectivity index (χ4v) is 3.90. The monoisotopic (exact) mass is 301 g/mol. The summed E-state index contributed by atoms with van der Waals surface area (Å²) in [6.07, 6.45) is 1.88. The van der Waals surface area contributed by atoms with Crippen LogP contribution in [0.2, 0.25) is 0 Å². The average molecular weight is 301 g/mol. The Morgan fingerprint density at radius 1 is 1.05 bits per heavy atom. The Labute approximate surface area is 129 Å². The average Bonchev–Trinajstić information content (AvgIpc) is 3.08. The van der Waals surface area contributed by atoms with Crippen molar-refractivity contribution in [1.29, 1.82) is 0 Å². The fourth-order valence-electron chi connectivity index (χ4n) is 3.90. The second-order valence-corrected chi connectivity index (χ2v) is 6.31. The highest BCUT2D eigenvalue weighted by atomic mass is 16.7. The molecule has 0 radical (unpaired) electrons. The summed E-state index contributed by atoms with van der Waals surface area (Å²) in [5.74, 6) is -1.22. The van der Waals surface area contributed by atoms with E-state index < -0.39 is 5.79 Å². The molecule has 0 N–H and O–H groups in total. The van der Waals surface area contributed by atoms with E-state index in [1.807, 2.05) is 30.3 Å². The SMILES string of the molecule is O=C1[C@H]2CCC3(C[C@@H]2C(=O)N1Cc1ccccc1)OCCO3. The lowest BCUT2D eigenvalue weighted by Crippen LogP contribution is -2.41. The lowest BCUT2D eigenvalue weighted by Gasteiger charge is -2.35. The Hall–Kier alpha value is -1.72. The molecule has 3 aliphatic rings. The second kappa shape index (κ2) is 5.18. The molecule has 1 aromatic rings. The van der Waals surface area contributed by atoms with E-state index >= 15 is 0 Å². The number of ether oxygens (including phenoxy) is 2. The van der Waals surface area contributed by atoms with Crippen molar-refractivity contribution >= 4 is 11.8 Å². The van der Waals surface area contributed by atoms with Crippen LogP contribution < -0.4 is 0 Å². The van der Waals surface area contributed by atoms with E-state index in [9.17, 15) is 9.59 Å². The van der Waals surface area contributed by atoms with Crippen LogP contribution in [0.3, 0.4) is 0 Å². The molecular weight excluding hydrogens is 282 g/mol. The molecule has 1 aliphatic carbocycles. The van der Waals surface area contributed by atoms with Crippen molar-refractivity contribution < 1.29 is 19.1 Å². The van der Waals surface area contributed by atoms with Crippen LogP contribution in [0.15, 0.2) is 30.3 Å². The number of rotatable bonds is 2. The first-order chi connectivity index (χ1) is 10.7. The minimum Gasteiger partial charge on any atom is -0.348 e. The number of benzene rings is 1. The Morgan fingerprint density at radius 2 is 1.73 bits per heavy atom. The van der Waals surface area contributed by atoms with E-state index in [1.54, 1.807) is 0 Å². The number of fused-ring (bicyclic) bond motifs is 1. The standard InChI is InChI=1S/C17H19NO4/c19-15-13-6-7-17(21-8-9-22-17)10-14(13)16(20)18(15)11-12-4-2-1-3-5-12/h1-5,13-14H,6-11H2/t13-,14-/m0/s1. The molecule has 0 unspecified atom stereocenters. The van der Waals surface area contributed by atoms with Gasteiger partial charge in [0.25, 0.3) is 0 Å². The van der Waals surface area contributed by atoms with E-state index in [4.69, 9.17) is 9.47 Å². The number of hydrogen-bond donors (Lipinski definition) is 0. The molecule has 1 saturated carbocycles. The molecule has 2 aliphatic heterocycles. The summed E-state index contributed by atoms with van der Waals surface area (Å²) in [6, 6.07) is 9.64. The van der Waals surface area contributed by atoms with Crippen molar-refractivity contribution in [2.24, 2.45) is 11.8 Å². The number of nitrogens with zero attached hydrogens (tertiary/aromatic N) is 1. The van der Waals surface area contributed by atoms with E-state index in [0.29, 0.717) is 39.0 Å². The highest BCUT2D eigenvalue weighted by Gasteiger charge is 2.55. The molecule has 1 spiro atoms. The topological polar surface area (TPSA) is 55.8 Å². The highest BCUT2D eigenvalue weighted by molar-refractivity contribution is 6.05. The zero-order chi connectivity index (χ0) is 15.2. The molecule has 2 amide bonds. The number of amides is 2. The number of carbonyl (C=O) groups excluding carboxylic acids is 2. The third-order valence-corrected chi connectivity index (χ3v) is 5.02. The minimum absolute atomic E-state index is 0.0355. The number of carbonyl (C=O) groups is 2. The molecule has 2 saturated heterocycles. The van der Waals surface area contributed by atoms with Crippen molar-refractivity contribution in [3.05, 3.63) is 35.9 Å². The number of likely N-dealkylation sites (tertiary alicyclic amines) is 1. The van der Waals surface area contributed by atoms with Crippen LogP contribution in [-0.4, -0.2) is 35.7 Å². The second-order valence-electron chi connectivity index (χ2n) is 6.31. The third kappa shape index (κ3) is 2.16. The van der Waals surface area contributed by atoms with Gasteiger partial charge in [-0.05, 0) is 12.0 Å². The van der Waals surface area contributed by atoms with Gasteiger partial charge < -0.3 is 9.47 Å². The van der Waals surface area contributed by atoms with Gasteiger partial charge in [0.1, 0.15) is 0 Å². The maximum Gasteiger partial charge on any atom is 0.233 e. The molecule has 4 rings (SSSR count). The molecule has 0 aromatic heterocycles. The predicted octanol–water partition coefficient (Wildman–Crippen LogP) is 1.71. The lowest BCUT2D eigenvalue weighted by atomic mass is 9.77. The molecule has 3 fully saturated rings. The van der Waals surface area contributed by atoms with Crippen molar-refractivity contribution in [2.45, 2.75) is 31.6 Å². The van der Waals surface area contributed by atoms with Gasteiger partial charge >= 0.3 is 0 Å². The van der Waals surface area contributed by atoms with E-state index in [1.165, 1.54) is 4.90 Å². The summed E-state index contributed by atoms with van der Waals surface area (Å²) in [4.78, 5) is 26.7. The first kappa shape index (κ1) is 13.9. The Morgan fingerprint density at radius 3 is 2.45 bits per heavy atom. The molecule has 116 valence electrons. The smallest absolute Gasteiger partial charge is 0.233 e. The van der Waals surface area contributed by atoms with Crippen LogP contribution in [0.4, 0.5) is 0 Å². The normalized spacial score (nSPS) is 30.1. The van der Waals surface area contributed by atoms with Crippen molar-refractivity contribution in [3.8, 4) is 0 Å². The van der Waals surface area contributed by atoms with Gasteiger partial charge in [0, 0.05) is 12.8 Å². The van der Waals surface area contributed by atoms with Gasteiger partial charge in [-0.3, -0.25) is 14.5 Å². The maximum atomic E-state index is 12.7. The summed E-state index contributed by atoms with van der Waals surface area (Å²) in [7, 11) is 0. The van der Waals surface area contributed by atoms with Gasteiger partial charge in [0.15, 0.2) is 5.79 Å². The summed E-state index contributed by atoms with van der Waals surface area (Å²) in [6.45, 7) is 1.51. The van der Waals surface area contributed by atoms with Gasteiger partial charge in [0.2, 0.25) is 11.8 Å². The quantitative estimate of drug-likeness (QED) is 0.780. The highest BCUT2D eigenvalue weighted by Crippen LogP contribution is 2.46.